The smallest absolute Gasteiger partial charge is 0.163 e. The van der Waals surface area contributed by atoms with Crippen LogP contribution in [0.5, 0.6) is 46.0 Å². The molecule has 0 amide bonds. The van der Waals surface area contributed by atoms with Crippen LogP contribution in [0.4, 0.5) is 62.6 Å². The molecular weight excluding hydrogens is 1270 g/mol. The maximum absolute atomic E-state index is 6.64. The first kappa shape index (κ1) is 63.9. The van der Waals surface area contributed by atoms with Gasteiger partial charge in [-0.2, -0.15) is 0 Å². The minimum Gasteiger partial charge on any atom is -0.497 e. The number of hydrogen-bond acceptors (Lipinski definition) is 19. The third-order valence-corrected chi connectivity index (χ3v) is 18.6. The second kappa shape index (κ2) is 25.2. The van der Waals surface area contributed by atoms with Gasteiger partial charge in [0.1, 0.15) is 11.5 Å². The molecule has 3 aliphatic heterocycles. The second-order valence-corrected chi connectivity index (χ2v) is 27.6. The van der Waals surface area contributed by atoms with Crippen molar-refractivity contribution in [3.05, 3.63) is 230 Å². The van der Waals surface area contributed by atoms with E-state index in [0.29, 0.717) is 56.9 Å². The molecule has 15 aromatic rings. The van der Waals surface area contributed by atoms with Crippen LogP contribution in [0.3, 0.4) is 0 Å². The first-order valence-electron chi connectivity index (χ1n) is 33.6. The zero-order valence-corrected chi connectivity index (χ0v) is 58.6. The molecule has 0 spiro atoms. The van der Waals surface area contributed by atoms with Crippen LogP contribution in [0.1, 0.15) is 52.7 Å². The summed E-state index contributed by atoms with van der Waals surface area (Å²) < 4.78 is 30.3. The van der Waals surface area contributed by atoms with E-state index in [1.165, 1.54) is 11.1 Å². The fraction of sp³-hybridized carbons (Fsp3) is 0.169. The summed E-state index contributed by atoms with van der Waals surface area (Å²) in [5.41, 5.74) is 17.1. The summed E-state index contributed by atoms with van der Waals surface area (Å²) in [5.74, 6) is 6.04. The van der Waals surface area contributed by atoms with E-state index in [-0.39, 0.29) is 10.8 Å². The van der Waals surface area contributed by atoms with Crippen LogP contribution in [0.25, 0.3) is 66.2 Å². The molecule has 3 aliphatic rings. The number of nitrogens with zero attached hydrogens (tertiary/aromatic N) is 14. The lowest BCUT2D eigenvalue weighted by atomic mass is 9.86. The van der Waals surface area contributed by atoms with Crippen molar-refractivity contribution in [2.75, 3.05) is 66.9 Å². The average Bonchev–Trinajstić information content (AvgIpc) is 0.738. The number of rotatable bonds is 7. The van der Waals surface area contributed by atoms with Crippen molar-refractivity contribution in [1.82, 2.24) is 44.9 Å². The Kier molecular flexibility index (Phi) is 15.8. The number of ether oxygens (including phenoxy) is 5. The molecule has 12 heterocycles. The number of fused-ring (bicyclic) bond motifs is 12. The summed E-state index contributed by atoms with van der Waals surface area (Å²) in [4.78, 5) is 52.3. The molecule has 0 atom stereocenters. The maximum atomic E-state index is 6.64. The van der Waals surface area contributed by atoms with Crippen molar-refractivity contribution >= 4 is 129 Å². The summed E-state index contributed by atoms with van der Waals surface area (Å²) in [5, 5.41) is 5.68. The maximum Gasteiger partial charge on any atom is 0.163 e. The molecule has 19 heteroatoms. The van der Waals surface area contributed by atoms with E-state index in [0.717, 1.165) is 118 Å². The normalized spacial score (nSPS) is 12.7. The molecule has 19 nitrogen and oxygen atoms in total. The molecule has 9 aromatic heterocycles. The van der Waals surface area contributed by atoms with Crippen LogP contribution in [0.2, 0.25) is 0 Å². The van der Waals surface area contributed by atoms with E-state index in [9.17, 15) is 0 Å². The van der Waals surface area contributed by atoms with Gasteiger partial charge < -0.3 is 48.2 Å². The SMILES string of the molecule is CC(C)(C)c1ccc2c(c1)Oc1cc(C(C)(C)C)ccc1N2c1c2cccnc2nc2ncccc12.CN(C)c1ccc2c(c1)Oc1cc(N(C)C)ccc1N2c1c2cccnc2nc2ncccc12.COc1ccc2c(c1)Oc1cc(OC)ccc1N2c1c2cccnc2nc2ncccc12. The molecule has 0 unspecified atom stereocenters. The molecule has 102 heavy (non-hydrogen) atoms. The van der Waals surface area contributed by atoms with Crippen LogP contribution in [0.15, 0.2) is 219 Å². The van der Waals surface area contributed by atoms with E-state index in [4.69, 9.17) is 33.7 Å². The summed E-state index contributed by atoms with van der Waals surface area (Å²) in [7, 11) is 11.4. The molecule has 0 aliphatic carbocycles. The molecule has 6 aromatic carbocycles. The van der Waals surface area contributed by atoms with Gasteiger partial charge in [0.25, 0.3) is 0 Å². The minimum atomic E-state index is 0.000650. The van der Waals surface area contributed by atoms with Crippen LogP contribution in [-0.2, 0) is 10.8 Å². The van der Waals surface area contributed by atoms with Gasteiger partial charge in [-0.05, 0) is 168 Å². The van der Waals surface area contributed by atoms with E-state index < -0.39 is 0 Å². The highest BCUT2D eigenvalue weighted by Gasteiger charge is 2.35. The van der Waals surface area contributed by atoms with Crippen molar-refractivity contribution in [2.24, 2.45) is 0 Å². The Morgan fingerprint density at radius 2 is 0.549 bits per heavy atom. The van der Waals surface area contributed by atoms with Crippen LogP contribution >= 0.6 is 0 Å². The summed E-state index contributed by atoms with van der Waals surface area (Å²) in [6, 6.07) is 61.3. The van der Waals surface area contributed by atoms with Gasteiger partial charge in [-0.25, -0.2) is 44.9 Å². The highest BCUT2D eigenvalue weighted by atomic mass is 16.5. The fourth-order valence-electron chi connectivity index (χ4n) is 13.3. The second-order valence-electron chi connectivity index (χ2n) is 27.6. The van der Waals surface area contributed by atoms with Gasteiger partial charge in [-0.15, -0.1) is 0 Å². The van der Waals surface area contributed by atoms with E-state index in [1.807, 2.05) is 113 Å². The van der Waals surface area contributed by atoms with Gasteiger partial charge in [0.15, 0.2) is 68.4 Å². The van der Waals surface area contributed by atoms with Gasteiger partial charge in [-0.1, -0.05) is 53.7 Å². The van der Waals surface area contributed by atoms with Crippen molar-refractivity contribution in [3.8, 4) is 46.0 Å². The molecule has 18 rings (SSSR count). The monoisotopic (exact) mass is 1340 g/mol. The van der Waals surface area contributed by atoms with E-state index >= 15 is 0 Å². The van der Waals surface area contributed by atoms with Gasteiger partial charge in [0, 0.05) is 133 Å². The Labute approximate surface area is 589 Å². The number of methoxy groups -OCH3 is 2. The Morgan fingerprint density at radius 3 is 0.804 bits per heavy atom. The van der Waals surface area contributed by atoms with Crippen molar-refractivity contribution < 1.29 is 23.7 Å². The van der Waals surface area contributed by atoms with Gasteiger partial charge in [0.2, 0.25) is 0 Å². The molecule has 0 radical (unpaired) electrons. The van der Waals surface area contributed by atoms with E-state index in [1.54, 1.807) is 51.4 Å². The molecule has 504 valence electrons. The number of hydrogen-bond donors (Lipinski definition) is 0. The van der Waals surface area contributed by atoms with Crippen LogP contribution < -0.4 is 48.2 Å². The first-order chi connectivity index (χ1) is 49.4. The Hall–Kier alpha value is -12.8. The van der Waals surface area contributed by atoms with Crippen molar-refractivity contribution in [3.63, 3.8) is 0 Å². The zero-order chi connectivity index (χ0) is 70.3. The number of aromatic nitrogens is 9. The van der Waals surface area contributed by atoms with Crippen LogP contribution in [0, 0.1) is 0 Å². The van der Waals surface area contributed by atoms with Crippen LogP contribution in [-0.4, -0.2) is 87.3 Å². The highest BCUT2D eigenvalue weighted by Crippen LogP contribution is 2.58. The quantitative estimate of drug-likeness (QED) is 0.137. The Morgan fingerprint density at radius 1 is 0.304 bits per heavy atom. The summed E-state index contributed by atoms with van der Waals surface area (Å²) in [6.45, 7) is 13.3. The Balaban J connectivity index is 0.000000119. The average molecular weight is 1350 g/mol. The molecule has 0 fully saturated rings. The predicted molar refractivity (Wildman–Crippen MR) is 408 cm³/mol. The lowest BCUT2D eigenvalue weighted by molar-refractivity contribution is 0.403. The molecule has 0 N–H and O–H groups in total. The largest absolute Gasteiger partial charge is 0.497 e. The molecule has 0 saturated carbocycles. The topological polar surface area (TPSA) is 178 Å². The first-order valence-corrected chi connectivity index (χ1v) is 33.6. The number of benzene rings is 6. The molecule has 0 saturated heterocycles. The zero-order valence-electron chi connectivity index (χ0n) is 58.6. The van der Waals surface area contributed by atoms with Gasteiger partial charge in [0.05, 0.1) is 65.4 Å². The lowest BCUT2D eigenvalue weighted by Gasteiger charge is -2.35. The standard InChI is InChI=1S/C31H30N4O.C27H24N6O.C25H18N4O3/c1-30(2,3)19-11-13-23-25(17-19)36-26-18-20(31(4,5)6)12-14-24(26)35(23)27-21-9-7-15-32-28(21)34-29-22(27)10-8-16-33-29;1-31(2)17-9-11-21-23(15-17)34-24-16-18(32(3)4)10-12-22(24)33(21)25-19-7-5-13-28-26(19)30-27-20(25)8-6-14-29-27;1-30-15-7-9-19-21(13-15)32-22-14-16(31-2)8-10-20(22)29(19)23-17-5-3-11-26-24(17)28-25-18(23)6-4-12-27-25/h7-18H,1-6H3;5-16H,1-4H3;3-14H,1-2H3. The third kappa shape index (κ3) is 11.3. The number of pyridine rings is 9. The molecule has 0 bridgehead atoms. The number of anilines is 11. The van der Waals surface area contributed by atoms with Crippen molar-refractivity contribution in [2.45, 2.75) is 52.4 Å². The summed E-state index contributed by atoms with van der Waals surface area (Å²) in [6.07, 6.45) is 10.6. The minimum absolute atomic E-state index is 0.000650. The fourth-order valence-corrected chi connectivity index (χ4v) is 13.3. The van der Waals surface area contributed by atoms with E-state index in [2.05, 4.69) is 198 Å². The Bertz CT molecular complexity index is 5500. The third-order valence-electron chi connectivity index (χ3n) is 18.6. The predicted octanol–water partition coefficient (Wildman–Crippen LogP) is 20.0. The lowest BCUT2D eigenvalue weighted by Crippen LogP contribution is -2.20. The molecular formula is C83H72N14O5. The van der Waals surface area contributed by atoms with Crippen molar-refractivity contribution in [1.29, 1.82) is 0 Å². The summed E-state index contributed by atoms with van der Waals surface area (Å²) >= 11 is 0. The van der Waals surface area contributed by atoms with Gasteiger partial charge in [-0.3, -0.25) is 0 Å². The van der Waals surface area contributed by atoms with Gasteiger partial charge >= 0.3 is 0 Å². The highest BCUT2D eigenvalue weighted by molar-refractivity contribution is 6.14.